The van der Waals surface area contributed by atoms with Crippen LogP contribution in [0.3, 0.4) is 0 Å². The van der Waals surface area contributed by atoms with E-state index < -0.39 is 0 Å². The molecule has 2 aromatic rings. The number of nitrogens with two attached hydrogens (primary N) is 1. The van der Waals surface area contributed by atoms with E-state index in [1.807, 2.05) is 54.6 Å². The standard InChI is InChI=1S/C15H14NO/c16-10-13-8-4-5-9-14(13)15(11-17)12-6-2-1-3-7-12/h1-9,15H,10,16H2. The first kappa shape index (κ1) is 11.6. The molecule has 0 heterocycles. The van der Waals surface area contributed by atoms with E-state index in [2.05, 4.69) is 6.29 Å². The molecule has 0 spiro atoms. The number of rotatable bonds is 4. The lowest BCUT2D eigenvalue weighted by molar-refractivity contribution is 0.549. The minimum Gasteiger partial charge on any atom is -0.326 e. The molecule has 0 aliphatic rings. The Morgan fingerprint density at radius 1 is 1.00 bits per heavy atom. The molecular weight excluding hydrogens is 210 g/mol. The first-order valence-corrected chi connectivity index (χ1v) is 5.57. The lowest BCUT2D eigenvalue weighted by Crippen LogP contribution is -2.08. The molecule has 0 aliphatic heterocycles. The molecule has 0 bridgehead atoms. The van der Waals surface area contributed by atoms with Gasteiger partial charge in [0.2, 0.25) is 6.29 Å². The lowest BCUT2D eigenvalue weighted by Gasteiger charge is -2.14. The van der Waals surface area contributed by atoms with Gasteiger partial charge in [-0.05, 0) is 16.7 Å². The molecule has 1 unspecified atom stereocenters. The van der Waals surface area contributed by atoms with E-state index in [1.165, 1.54) is 0 Å². The van der Waals surface area contributed by atoms with Crippen molar-refractivity contribution in [3.05, 3.63) is 71.3 Å². The first-order valence-electron chi connectivity index (χ1n) is 5.57. The van der Waals surface area contributed by atoms with Gasteiger partial charge >= 0.3 is 0 Å². The average molecular weight is 224 g/mol. The molecule has 0 saturated heterocycles. The summed E-state index contributed by atoms with van der Waals surface area (Å²) >= 11 is 0. The van der Waals surface area contributed by atoms with E-state index in [0.29, 0.717) is 6.54 Å². The second-order valence-corrected chi connectivity index (χ2v) is 3.86. The number of benzene rings is 2. The maximum Gasteiger partial charge on any atom is 0.211 e. The predicted octanol–water partition coefficient (Wildman–Crippen LogP) is 2.39. The molecule has 2 rings (SSSR count). The van der Waals surface area contributed by atoms with Gasteiger partial charge in [-0.15, -0.1) is 0 Å². The van der Waals surface area contributed by atoms with Crippen molar-refractivity contribution in [2.24, 2.45) is 5.73 Å². The molecule has 2 N–H and O–H groups in total. The zero-order chi connectivity index (χ0) is 12.1. The summed E-state index contributed by atoms with van der Waals surface area (Å²) in [6.45, 7) is 0.432. The SMILES string of the molecule is NCc1ccccc1C([C]=O)c1ccccc1. The fraction of sp³-hybridized carbons (Fsp3) is 0.133. The lowest BCUT2D eigenvalue weighted by atomic mass is 9.89. The van der Waals surface area contributed by atoms with Gasteiger partial charge in [0.05, 0.1) is 5.92 Å². The molecule has 0 aromatic heterocycles. The van der Waals surface area contributed by atoms with Crippen LogP contribution in [0.1, 0.15) is 22.6 Å². The maximum atomic E-state index is 11.2. The van der Waals surface area contributed by atoms with E-state index in [9.17, 15) is 4.79 Å². The molecule has 2 nitrogen and oxygen atoms in total. The summed E-state index contributed by atoms with van der Waals surface area (Å²) in [6, 6.07) is 17.4. The third kappa shape index (κ3) is 2.43. The number of carbonyl (C=O) groups excluding carboxylic acids is 1. The van der Waals surface area contributed by atoms with Crippen molar-refractivity contribution in [2.45, 2.75) is 12.5 Å². The topological polar surface area (TPSA) is 43.1 Å². The van der Waals surface area contributed by atoms with Gasteiger partial charge in [-0.1, -0.05) is 54.6 Å². The van der Waals surface area contributed by atoms with Gasteiger partial charge in [0, 0.05) is 6.54 Å². The van der Waals surface area contributed by atoms with Crippen LogP contribution in [0.15, 0.2) is 54.6 Å². The minimum atomic E-state index is -0.351. The smallest absolute Gasteiger partial charge is 0.211 e. The van der Waals surface area contributed by atoms with Crippen molar-refractivity contribution in [1.29, 1.82) is 0 Å². The predicted molar refractivity (Wildman–Crippen MR) is 68.3 cm³/mol. The average Bonchev–Trinajstić information content (AvgIpc) is 2.41. The van der Waals surface area contributed by atoms with Gasteiger partial charge in [0.1, 0.15) is 0 Å². The fourth-order valence-corrected chi connectivity index (χ4v) is 1.96. The number of hydrogen-bond acceptors (Lipinski definition) is 2. The van der Waals surface area contributed by atoms with Gasteiger partial charge in [-0.2, -0.15) is 0 Å². The highest BCUT2D eigenvalue weighted by atomic mass is 16.1. The van der Waals surface area contributed by atoms with Crippen LogP contribution < -0.4 is 5.73 Å². The maximum absolute atomic E-state index is 11.2. The molecule has 0 aliphatic carbocycles. The van der Waals surface area contributed by atoms with Gasteiger partial charge in [0.25, 0.3) is 0 Å². The molecule has 2 heteroatoms. The summed E-state index contributed by atoms with van der Waals surface area (Å²) < 4.78 is 0. The van der Waals surface area contributed by atoms with Crippen molar-refractivity contribution in [2.75, 3.05) is 0 Å². The highest BCUT2D eigenvalue weighted by Gasteiger charge is 2.16. The Hall–Kier alpha value is -1.93. The Kier molecular flexibility index (Phi) is 3.68. The second kappa shape index (κ2) is 5.41. The Morgan fingerprint density at radius 2 is 1.65 bits per heavy atom. The summed E-state index contributed by atoms with van der Waals surface area (Å²) in [5, 5.41) is 0. The zero-order valence-corrected chi connectivity index (χ0v) is 9.47. The van der Waals surface area contributed by atoms with E-state index in [1.54, 1.807) is 0 Å². The van der Waals surface area contributed by atoms with Crippen molar-refractivity contribution in [1.82, 2.24) is 0 Å². The molecule has 2 aromatic carbocycles. The van der Waals surface area contributed by atoms with Crippen LogP contribution in [-0.2, 0) is 11.3 Å². The van der Waals surface area contributed by atoms with Crippen molar-refractivity contribution >= 4 is 6.29 Å². The van der Waals surface area contributed by atoms with Crippen molar-refractivity contribution in [3.63, 3.8) is 0 Å². The van der Waals surface area contributed by atoms with Gasteiger partial charge < -0.3 is 5.73 Å². The van der Waals surface area contributed by atoms with Crippen LogP contribution in [0.2, 0.25) is 0 Å². The van der Waals surface area contributed by atoms with Crippen LogP contribution in [-0.4, -0.2) is 6.29 Å². The third-order valence-electron chi connectivity index (χ3n) is 2.84. The van der Waals surface area contributed by atoms with Gasteiger partial charge in [-0.25, -0.2) is 0 Å². The molecular formula is C15H14NO. The number of hydrogen-bond donors (Lipinski definition) is 1. The summed E-state index contributed by atoms with van der Waals surface area (Å²) in [5.41, 5.74) is 8.57. The Labute approximate surface area is 101 Å². The van der Waals surface area contributed by atoms with Gasteiger partial charge in [-0.3, -0.25) is 4.79 Å². The van der Waals surface area contributed by atoms with E-state index >= 15 is 0 Å². The van der Waals surface area contributed by atoms with Crippen LogP contribution in [0.5, 0.6) is 0 Å². The zero-order valence-electron chi connectivity index (χ0n) is 9.47. The van der Waals surface area contributed by atoms with Crippen LogP contribution in [0, 0.1) is 0 Å². The normalized spacial score (nSPS) is 12.1. The molecule has 85 valence electrons. The summed E-state index contributed by atoms with van der Waals surface area (Å²) in [4.78, 5) is 11.2. The van der Waals surface area contributed by atoms with E-state index in [0.717, 1.165) is 16.7 Å². The Bertz CT molecular complexity index is 493. The second-order valence-electron chi connectivity index (χ2n) is 3.86. The third-order valence-corrected chi connectivity index (χ3v) is 2.84. The quantitative estimate of drug-likeness (QED) is 0.866. The molecule has 0 fully saturated rings. The van der Waals surface area contributed by atoms with Gasteiger partial charge in [0.15, 0.2) is 0 Å². The highest BCUT2D eigenvalue weighted by Crippen LogP contribution is 2.25. The molecule has 0 amide bonds. The van der Waals surface area contributed by atoms with Crippen LogP contribution >= 0.6 is 0 Å². The highest BCUT2D eigenvalue weighted by molar-refractivity contribution is 5.69. The molecule has 1 radical (unpaired) electrons. The summed E-state index contributed by atoms with van der Waals surface area (Å²) in [5.74, 6) is -0.351. The van der Waals surface area contributed by atoms with E-state index in [-0.39, 0.29) is 5.92 Å². The summed E-state index contributed by atoms with van der Waals surface area (Å²) in [7, 11) is 0. The first-order chi connectivity index (χ1) is 8.36. The van der Waals surface area contributed by atoms with Crippen molar-refractivity contribution < 1.29 is 4.79 Å². The molecule has 17 heavy (non-hydrogen) atoms. The monoisotopic (exact) mass is 224 g/mol. The summed E-state index contributed by atoms with van der Waals surface area (Å²) in [6.07, 6.45) is 2.10. The fourth-order valence-electron chi connectivity index (χ4n) is 1.96. The van der Waals surface area contributed by atoms with Crippen LogP contribution in [0.4, 0.5) is 0 Å². The van der Waals surface area contributed by atoms with Crippen LogP contribution in [0.25, 0.3) is 0 Å². The van der Waals surface area contributed by atoms with Crippen molar-refractivity contribution in [3.8, 4) is 0 Å². The minimum absolute atomic E-state index is 0.351. The molecule has 1 atom stereocenters. The van der Waals surface area contributed by atoms with E-state index in [4.69, 9.17) is 5.73 Å². The Morgan fingerprint density at radius 3 is 2.29 bits per heavy atom. The molecule has 0 saturated carbocycles. The Balaban J connectivity index is 2.46. The largest absolute Gasteiger partial charge is 0.326 e.